The van der Waals surface area contributed by atoms with Gasteiger partial charge in [0, 0.05) is 30.2 Å². The molecule has 2 atom stereocenters. The number of alkyl halides is 3. The molecule has 1 saturated heterocycles. The number of oxime groups is 1. The maximum atomic E-state index is 14.7. The number of rotatable bonds is 6. The summed E-state index contributed by atoms with van der Waals surface area (Å²) in [5.74, 6) is -1.87. The smallest absolute Gasteiger partial charge is 0.374 e. The van der Waals surface area contributed by atoms with E-state index in [1.54, 1.807) is 6.92 Å². The molecule has 1 fully saturated rings. The Kier molecular flexibility index (Phi) is 7.93. The molecule has 16 heteroatoms. The minimum absolute atomic E-state index is 0.0757. The Morgan fingerprint density at radius 2 is 1.92 bits per heavy atom. The average molecular weight is 613 g/mol. The second-order valence-electron chi connectivity index (χ2n) is 9.15. The molecule has 1 amide bonds. The predicted octanol–water partition coefficient (Wildman–Crippen LogP) is 4.18. The molecule has 0 bridgehead atoms. The molecule has 2 aliphatic heterocycles. The highest BCUT2D eigenvalue weighted by Crippen LogP contribution is 2.50. The van der Waals surface area contributed by atoms with Gasteiger partial charge in [0.15, 0.2) is 0 Å². The van der Waals surface area contributed by atoms with Gasteiger partial charge in [-0.15, -0.1) is 0 Å². The van der Waals surface area contributed by atoms with Crippen LogP contribution in [0.25, 0.3) is 0 Å². The Bertz CT molecular complexity index is 1450. The summed E-state index contributed by atoms with van der Waals surface area (Å²) in [7, 11) is -1.15. The van der Waals surface area contributed by atoms with Crippen molar-refractivity contribution in [2.45, 2.75) is 31.2 Å². The van der Waals surface area contributed by atoms with Crippen LogP contribution < -0.4 is 5.32 Å². The van der Waals surface area contributed by atoms with E-state index in [0.717, 1.165) is 20.9 Å². The Hall–Kier alpha value is -2.49. The topological polar surface area (TPSA) is 101 Å². The lowest BCUT2D eigenvalue weighted by molar-refractivity contribution is -0.276. The van der Waals surface area contributed by atoms with Gasteiger partial charge in [0.25, 0.3) is 11.5 Å². The van der Waals surface area contributed by atoms with E-state index < -0.39 is 56.8 Å². The maximum Gasteiger partial charge on any atom is 0.435 e. The fraction of sp³-hybridized carbons (Fsp3) is 0.391. The molecule has 0 saturated carbocycles. The lowest BCUT2D eigenvalue weighted by atomic mass is 9.85. The van der Waals surface area contributed by atoms with Crippen molar-refractivity contribution < 1.29 is 40.4 Å². The van der Waals surface area contributed by atoms with Gasteiger partial charge in [-0.3, -0.25) is 9.63 Å². The number of aryl methyl sites for hydroxylation is 1. The van der Waals surface area contributed by atoms with E-state index in [4.69, 9.17) is 32.9 Å². The zero-order chi connectivity index (χ0) is 28.9. The molecule has 2 heterocycles. The van der Waals surface area contributed by atoms with Gasteiger partial charge in [0.1, 0.15) is 5.82 Å². The first-order chi connectivity index (χ1) is 18.1. The van der Waals surface area contributed by atoms with Crippen LogP contribution >= 0.6 is 23.2 Å². The third-order valence-electron chi connectivity index (χ3n) is 6.26. The average Bonchev–Trinajstić information content (AvgIpc) is 3.49. The summed E-state index contributed by atoms with van der Waals surface area (Å²) in [4.78, 5) is 22.9. The lowest BCUT2D eigenvalue weighted by Gasteiger charge is -2.30. The summed E-state index contributed by atoms with van der Waals surface area (Å²) in [5, 5.41) is 5.48. The molecule has 9 nitrogen and oxygen atoms in total. The molecule has 1 N–H and O–H groups in total. The first-order valence-corrected chi connectivity index (χ1v) is 13.4. The molecular weight excluding hydrogens is 591 g/mol. The van der Waals surface area contributed by atoms with Gasteiger partial charge < -0.3 is 10.2 Å². The number of carbonyl (C=O) groups excluding carboxylic acids is 1. The zero-order valence-electron chi connectivity index (χ0n) is 20.6. The van der Waals surface area contributed by atoms with Gasteiger partial charge in [0.05, 0.1) is 36.3 Å². The van der Waals surface area contributed by atoms with Crippen molar-refractivity contribution in [1.82, 2.24) is 14.1 Å². The van der Waals surface area contributed by atoms with E-state index in [-0.39, 0.29) is 35.0 Å². The Morgan fingerprint density at radius 3 is 2.54 bits per heavy atom. The van der Waals surface area contributed by atoms with Crippen molar-refractivity contribution in [2.75, 3.05) is 27.2 Å². The highest BCUT2D eigenvalue weighted by molar-refractivity contribution is 7.86. The second-order valence-corrected chi connectivity index (χ2v) is 12.0. The summed E-state index contributed by atoms with van der Waals surface area (Å²) in [6.45, 7) is 1.38. The molecule has 0 aliphatic carbocycles. The summed E-state index contributed by atoms with van der Waals surface area (Å²) < 4.78 is 83.6. The van der Waals surface area contributed by atoms with Gasteiger partial charge in [-0.25, -0.2) is 4.39 Å². The van der Waals surface area contributed by atoms with Crippen molar-refractivity contribution in [3.05, 3.63) is 68.4 Å². The summed E-state index contributed by atoms with van der Waals surface area (Å²) in [6, 6.07) is 5.35. The van der Waals surface area contributed by atoms with Crippen LogP contribution in [0.3, 0.4) is 0 Å². The van der Waals surface area contributed by atoms with Crippen LogP contribution in [0.2, 0.25) is 10.0 Å². The third kappa shape index (κ3) is 5.45. The molecule has 4 rings (SSSR count). The number of halogens is 6. The number of nitrogens with one attached hydrogen (secondary N) is 1. The van der Waals surface area contributed by atoms with Crippen LogP contribution in [-0.4, -0.2) is 68.3 Å². The van der Waals surface area contributed by atoms with E-state index in [1.165, 1.54) is 32.3 Å². The van der Waals surface area contributed by atoms with Crippen LogP contribution in [0.5, 0.6) is 0 Å². The molecule has 39 heavy (non-hydrogen) atoms. The molecule has 2 aromatic rings. The van der Waals surface area contributed by atoms with Crippen LogP contribution in [-0.2, 0) is 25.5 Å². The Morgan fingerprint density at radius 1 is 1.23 bits per heavy atom. The number of carbonyl (C=O) groups is 1. The van der Waals surface area contributed by atoms with E-state index >= 15 is 0 Å². The molecule has 1 unspecified atom stereocenters. The fourth-order valence-electron chi connectivity index (χ4n) is 4.14. The van der Waals surface area contributed by atoms with Crippen molar-refractivity contribution in [3.63, 3.8) is 0 Å². The van der Waals surface area contributed by atoms with Crippen molar-refractivity contribution >= 4 is 45.0 Å². The molecular formula is C23H22Cl2F4N4O5S. The largest absolute Gasteiger partial charge is 0.435 e. The molecule has 0 spiro atoms. The SMILES string of the molecule is Cc1cc(C2=NO[C@@](c3cc(Cl)cc(Cl)c3F)(C(F)(F)F)C2)ccc1C(=O)NC1CON(S(=O)(=O)N(C)C)C1. The highest BCUT2D eigenvalue weighted by Gasteiger charge is 2.63. The molecule has 2 aliphatic rings. The number of hydrogen-bond acceptors (Lipinski definition) is 6. The van der Waals surface area contributed by atoms with Crippen LogP contribution in [0.15, 0.2) is 35.5 Å². The molecule has 2 aromatic carbocycles. The van der Waals surface area contributed by atoms with Crippen molar-refractivity contribution in [2.24, 2.45) is 5.16 Å². The summed E-state index contributed by atoms with van der Waals surface area (Å²) in [6.07, 6.45) is -5.95. The molecule has 0 aromatic heterocycles. The quantitative estimate of drug-likeness (QED) is 0.390. The van der Waals surface area contributed by atoms with Crippen LogP contribution in [0, 0.1) is 12.7 Å². The highest BCUT2D eigenvalue weighted by atomic mass is 35.5. The monoisotopic (exact) mass is 612 g/mol. The van der Waals surface area contributed by atoms with Gasteiger partial charge in [-0.2, -0.15) is 25.9 Å². The van der Waals surface area contributed by atoms with E-state index in [1.807, 2.05) is 0 Å². The molecule has 0 radical (unpaired) electrons. The molecule has 212 valence electrons. The van der Waals surface area contributed by atoms with Crippen LogP contribution in [0.4, 0.5) is 17.6 Å². The van der Waals surface area contributed by atoms with Gasteiger partial charge in [-0.1, -0.05) is 38.9 Å². The predicted molar refractivity (Wildman–Crippen MR) is 134 cm³/mol. The maximum absolute atomic E-state index is 14.7. The Labute approximate surface area is 231 Å². The normalized spacial score (nSPS) is 22.2. The van der Waals surface area contributed by atoms with Gasteiger partial charge in [0.2, 0.25) is 0 Å². The Balaban J connectivity index is 1.53. The minimum Gasteiger partial charge on any atom is -0.374 e. The van der Waals surface area contributed by atoms with E-state index in [0.29, 0.717) is 5.56 Å². The number of amides is 1. The second kappa shape index (κ2) is 10.5. The van der Waals surface area contributed by atoms with E-state index in [9.17, 15) is 30.8 Å². The van der Waals surface area contributed by atoms with Crippen molar-refractivity contribution in [1.29, 1.82) is 0 Å². The number of hydrogen-bond donors (Lipinski definition) is 1. The summed E-state index contributed by atoms with van der Waals surface area (Å²) in [5.41, 5.74) is -3.38. The lowest BCUT2D eigenvalue weighted by Crippen LogP contribution is -2.43. The first kappa shape index (κ1) is 29.5. The number of hydroxylamine groups is 1. The van der Waals surface area contributed by atoms with Crippen molar-refractivity contribution in [3.8, 4) is 0 Å². The van der Waals surface area contributed by atoms with Crippen LogP contribution in [0.1, 0.15) is 33.5 Å². The number of benzene rings is 2. The fourth-order valence-corrected chi connectivity index (χ4v) is 5.56. The van der Waals surface area contributed by atoms with Gasteiger partial charge >= 0.3 is 16.4 Å². The number of nitrogens with zero attached hydrogens (tertiary/aromatic N) is 3. The van der Waals surface area contributed by atoms with Gasteiger partial charge in [-0.05, 0) is 42.3 Å². The zero-order valence-corrected chi connectivity index (χ0v) is 23.0. The first-order valence-electron chi connectivity index (χ1n) is 11.3. The third-order valence-corrected chi connectivity index (χ3v) is 8.45. The van der Waals surface area contributed by atoms with E-state index in [2.05, 4.69) is 10.5 Å². The minimum atomic E-state index is -5.08. The summed E-state index contributed by atoms with van der Waals surface area (Å²) >= 11 is 11.6. The standard InChI is InChI=1S/C23H22Cl2F4N4O5S/c1-12-6-13(4-5-16(12)21(34)30-15-10-33(37-11-15)39(35,36)32(2)3)19-9-22(38-31-19,23(27,28)29)17-7-14(24)8-18(25)20(17)26/h4-8,15H,9-11H2,1-3H3,(H,30,34)/t15?,22-/m0/s1.